The number of ether oxygens (including phenoxy) is 1. The number of aromatic nitrogens is 3. The molecule has 0 aliphatic carbocycles. The molecule has 2 rings (SSSR count). The van der Waals surface area contributed by atoms with Crippen LogP contribution in [0.3, 0.4) is 0 Å². The molecule has 0 aliphatic rings. The zero-order chi connectivity index (χ0) is 15.4. The van der Waals surface area contributed by atoms with E-state index in [1.165, 1.54) is 0 Å². The van der Waals surface area contributed by atoms with Crippen LogP contribution < -0.4 is 5.32 Å². The van der Waals surface area contributed by atoms with Crippen molar-refractivity contribution < 1.29 is 14.6 Å². The van der Waals surface area contributed by atoms with E-state index >= 15 is 0 Å². The van der Waals surface area contributed by atoms with Crippen molar-refractivity contribution in [1.82, 2.24) is 14.8 Å². The van der Waals surface area contributed by atoms with Crippen molar-refractivity contribution in [3.05, 3.63) is 35.4 Å². The summed E-state index contributed by atoms with van der Waals surface area (Å²) < 4.78 is 6.72. The third kappa shape index (κ3) is 3.57. The number of pyridine rings is 1. The molecule has 0 aliphatic heterocycles. The van der Waals surface area contributed by atoms with E-state index in [9.17, 15) is 9.90 Å². The number of methoxy groups -OCH3 is 1. The number of nitrogens with one attached hydrogen (secondary N) is 1. The van der Waals surface area contributed by atoms with E-state index in [0.717, 1.165) is 11.4 Å². The van der Waals surface area contributed by atoms with Gasteiger partial charge in [-0.15, -0.1) is 0 Å². The highest BCUT2D eigenvalue weighted by Gasteiger charge is 2.16. The van der Waals surface area contributed by atoms with Crippen LogP contribution >= 0.6 is 0 Å². The number of rotatable bonds is 6. The molecular formula is C14H18N4O3. The second-order valence-electron chi connectivity index (χ2n) is 4.69. The van der Waals surface area contributed by atoms with Gasteiger partial charge in [0.2, 0.25) is 0 Å². The van der Waals surface area contributed by atoms with Crippen molar-refractivity contribution in [2.24, 2.45) is 0 Å². The summed E-state index contributed by atoms with van der Waals surface area (Å²) in [5.41, 5.74) is 2.64. The molecule has 112 valence electrons. The average molecular weight is 290 g/mol. The molecule has 0 spiro atoms. The first-order chi connectivity index (χ1) is 10.0. The first-order valence-electron chi connectivity index (χ1n) is 6.51. The normalized spacial score (nSPS) is 10.6. The lowest BCUT2D eigenvalue weighted by atomic mass is 10.1. The summed E-state index contributed by atoms with van der Waals surface area (Å²) >= 11 is 0. The molecule has 2 heterocycles. The Balaban J connectivity index is 2.26. The predicted octanol–water partition coefficient (Wildman–Crippen LogP) is 1.98. The lowest BCUT2D eigenvalue weighted by Crippen LogP contribution is -2.08. The van der Waals surface area contributed by atoms with Crippen LogP contribution in [0.15, 0.2) is 18.5 Å². The molecule has 7 nitrogen and oxygen atoms in total. The molecule has 0 radical (unpaired) electrons. The minimum absolute atomic E-state index is 0.172. The first-order valence-corrected chi connectivity index (χ1v) is 6.51. The smallest absolute Gasteiger partial charge is 0.339 e. The molecule has 0 saturated carbocycles. The summed E-state index contributed by atoms with van der Waals surface area (Å²) in [6, 6.07) is 1.71. The van der Waals surface area contributed by atoms with Crippen LogP contribution in [-0.4, -0.2) is 39.6 Å². The molecule has 0 amide bonds. The lowest BCUT2D eigenvalue weighted by molar-refractivity contribution is 0.0696. The molecular weight excluding hydrogens is 272 g/mol. The molecule has 0 saturated heterocycles. The summed E-state index contributed by atoms with van der Waals surface area (Å²) in [6.07, 6.45) is 3.45. The zero-order valence-electron chi connectivity index (χ0n) is 12.3. The number of carbonyl (C=O) groups is 1. The fraction of sp³-hybridized carbons (Fsp3) is 0.357. The Labute approximate surface area is 122 Å². The van der Waals surface area contributed by atoms with Gasteiger partial charge in [0.05, 0.1) is 36.4 Å². The van der Waals surface area contributed by atoms with Gasteiger partial charge in [0.15, 0.2) is 0 Å². The van der Waals surface area contributed by atoms with Crippen molar-refractivity contribution >= 4 is 17.3 Å². The highest BCUT2D eigenvalue weighted by atomic mass is 16.5. The van der Waals surface area contributed by atoms with Crippen LogP contribution in [-0.2, 0) is 11.3 Å². The quantitative estimate of drug-likeness (QED) is 0.845. The second-order valence-corrected chi connectivity index (χ2v) is 4.69. The number of aromatic carboxylic acids is 1. The predicted molar refractivity (Wildman–Crippen MR) is 78.1 cm³/mol. The number of aryl methyl sites for hydroxylation is 2. The van der Waals surface area contributed by atoms with Gasteiger partial charge in [-0.25, -0.2) is 4.79 Å². The van der Waals surface area contributed by atoms with Gasteiger partial charge in [0.25, 0.3) is 0 Å². The third-order valence-electron chi connectivity index (χ3n) is 2.98. The van der Waals surface area contributed by atoms with Gasteiger partial charge >= 0.3 is 5.97 Å². The minimum Gasteiger partial charge on any atom is -0.478 e. The largest absolute Gasteiger partial charge is 0.478 e. The Morgan fingerprint density at radius 3 is 2.90 bits per heavy atom. The minimum atomic E-state index is -1.01. The summed E-state index contributed by atoms with van der Waals surface area (Å²) in [4.78, 5) is 15.6. The monoisotopic (exact) mass is 290 g/mol. The molecule has 2 N–H and O–H groups in total. The van der Waals surface area contributed by atoms with E-state index in [1.54, 1.807) is 37.2 Å². The van der Waals surface area contributed by atoms with Crippen LogP contribution in [0.5, 0.6) is 0 Å². The van der Waals surface area contributed by atoms with Gasteiger partial charge < -0.3 is 15.2 Å². The van der Waals surface area contributed by atoms with Crippen LogP contribution in [0, 0.1) is 13.8 Å². The fourth-order valence-corrected chi connectivity index (χ4v) is 2.09. The van der Waals surface area contributed by atoms with Crippen molar-refractivity contribution in [1.29, 1.82) is 0 Å². The van der Waals surface area contributed by atoms with Gasteiger partial charge in [-0.3, -0.25) is 9.67 Å². The maximum atomic E-state index is 11.4. The zero-order valence-corrected chi connectivity index (χ0v) is 12.3. The Hall–Kier alpha value is -2.41. The number of hydrogen-bond donors (Lipinski definition) is 2. The van der Waals surface area contributed by atoms with E-state index < -0.39 is 5.97 Å². The van der Waals surface area contributed by atoms with Crippen LogP contribution in [0.4, 0.5) is 11.4 Å². The third-order valence-corrected chi connectivity index (χ3v) is 2.98. The van der Waals surface area contributed by atoms with E-state index in [2.05, 4.69) is 15.4 Å². The highest BCUT2D eigenvalue weighted by Crippen LogP contribution is 2.23. The number of hydrogen-bond acceptors (Lipinski definition) is 5. The Morgan fingerprint density at radius 1 is 1.48 bits per heavy atom. The molecule has 0 unspecified atom stereocenters. The van der Waals surface area contributed by atoms with E-state index in [0.29, 0.717) is 24.5 Å². The summed E-state index contributed by atoms with van der Waals surface area (Å²) in [7, 11) is 1.63. The summed E-state index contributed by atoms with van der Waals surface area (Å²) in [6.45, 7) is 4.71. The number of nitrogens with zero attached hydrogens (tertiary/aromatic N) is 3. The van der Waals surface area contributed by atoms with Gasteiger partial charge in [0, 0.05) is 19.0 Å². The van der Waals surface area contributed by atoms with Gasteiger partial charge in [-0.05, 0) is 19.9 Å². The van der Waals surface area contributed by atoms with E-state index in [4.69, 9.17) is 4.74 Å². The molecule has 21 heavy (non-hydrogen) atoms. The molecule has 2 aromatic rings. The molecule has 2 aromatic heterocycles. The van der Waals surface area contributed by atoms with Crippen LogP contribution in [0.1, 0.15) is 21.7 Å². The number of carboxylic acids is 1. The number of carboxylic acid groups (broad SMARTS) is 1. The van der Waals surface area contributed by atoms with Crippen molar-refractivity contribution in [2.45, 2.75) is 20.4 Å². The Bertz CT molecular complexity index is 652. The topological polar surface area (TPSA) is 89.3 Å². The standard InChI is InChI=1S/C14H18N4O3/c1-9-6-12(13(14(19)20)10(2)16-9)17-11-7-15-18(8-11)4-5-21-3/h6-8H,4-5H2,1-3H3,(H,16,17)(H,19,20). The van der Waals surface area contributed by atoms with Gasteiger partial charge in [-0.2, -0.15) is 5.10 Å². The average Bonchev–Trinajstić information content (AvgIpc) is 2.82. The molecule has 0 bridgehead atoms. The Kier molecular flexibility index (Phi) is 4.54. The van der Waals surface area contributed by atoms with Gasteiger partial charge in [0.1, 0.15) is 5.56 Å². The molecule has 7 heteroatoms. The van der Waals surface area contributed by atoms with Crippen molar-refractivity contribution in [2.75, 3.05) is 19.0 Å². The van der Waals surface area contributed by atoms with Gasteiger partial charge in [-0.1, -0.05) is 0 Å². The molecule has 0 aromatic carbocycles. The fourth-order valence-electron chi connectivity index (χ4n) is 2.09. The summed E-state index contributed by atoms with van der Waals surface area (Å²) in [5.74, 6) is -1.01. The maximum Gasteiger partial charge on any atom is 0.339 e. The number of anilines is 2. The summed E-state index contributed by atoms with van der Waals surface area (Å²) in [5, 5.41) is 16.6. The first kappa shape index (κ1) is 15.0. The lowest BCUT2D eigenvalue weighted by Gasteiger charge is -2.11. The van der Waals surface area contributed by atoms with Crippen molar-refractivity contribution in [3.8, 4) is 0 Å². The maximum absolute atomic E-state index is 11.4. The molecule has 0 atom stereocenters. The van der Waals surface area contributed by atoms with E-state index in [-0.39, 0.29) is 5.56 Å². The van der Waals surface area contributed by atoms with Crippen LogP contribution in [0.2, 0.25) is 0 Å². The van der Waals surface area contributed by atoms with Crippen LogP contribution in [0.25, 0.3) is 0 Å². The van der Waals surface area contributed by atoms with Crippen molar-refractivity contribution in [3.63, 3.8) is 0 Å². The Morgan fingerprint density at radius 2 is 2.24 bits per heavy atom. The second kappa shape index (κ2) is 6.36. The molecule has 0 fully saturated rings. The highest BCUT2D eigenvalue weighted by molar-refractivity contribution is 5.96. The SMILES string of the molecule is COCCn1cc(Nc2cc(C)nc(C)c2C(=O)O)cn1. The van der Waals surface area contributed by atoms with E-state index in [1.807, 2.05) is 6.92 Å².